The number of nitrogens with zero attached hydrogens (tertiary/aromatic N) is 2. The summed E-state index contributed by atoms with van der Waals surface area (Å²) in [7, 11) is 0. The third-order valence-electron chi connectivity index (χ3n) is 2.37. The Kier molecular flexibility index (Phi) is 1.86. The van der Waals surface area contributed by atoms with Gasteiger partial charge in [-0.1, -0.05) is 12.1 Å². The molecular formula is C11H14N2O. The number of fused-ring (bicyclic) bond motifs is 1. The number of imidazole rings is 1. The summed E-state index contributed by atoms with van der Waals surface area (Å²) in [5.74, 6) is 0. The lowest BCUT2D eigenvalue weighted by Crippen LogP contribution is -2.24. The number of hydrogen-bond acceptors (Lipinski definition) is 2. The molecule has 0 fully saturated rings. The molecule has 0 aliphatic heterocycles. The highest BCUT2D eigenvalue weighted by molar-refractivity contribution is 5.78. The summed E-state index contributed by atoms with van der Waals surface area (Å²) in [5.41, 5.74) is 2.15. The first-order valence-electron chi connectivity index (χ1n) is 4.65. The predicted octanol–water partition coefficient (Wildman–Crippen LogP) is 2.03. The molecule has 1 heterocycles. The number of benzene rings is 1. The second-order valence-corrected chi connectivity index (χ2v) is 4.05. The molecule has 1 aromatic heterocycles. The van der Waals surface area contributed by atoms with Gasteiger partial charge in [-0.25, -0.2) is 4.98 Å². The second-order valence-electron chi connectivity index (χ2n) is 4.05. The Labute approximate surface area is 83.0 Å². The standard InChI is InChI=1S/C11H14N2O/c1-8-5-4-6-9-10(8)12-7-13(9)11(2,3)14/h4-7,14H,1-3H3. The van der Waals surface area contributed by atoms with Crippen LogP contribution >= 0.6 is 0 Å². The summed E-state index contributed by atoms with van der Waals surface area (Å²) in [5, 5.41) is 9.89. The molecule has 0 amide bonds. The van der Waals surface area contributed by atoms with Gasteiger partial charge < -0.3 is 9.67 Å². The molecule has 0 unspecified atom stereocenters. The van der Waals surface area contributed by atoms with Crippen LogP contribution in [0.25, 0.3) is 11.0 Å². The van der Waals surface area contributed by atoms with E-state index < -0.39 is 5.72 Å². The summed E-state index contributed by atoms with van der Waals surface area (Å²) >= 11 is 0. The van der Waals surface area contributed by atoms with Crippen molar-refractivity contribution < 1.29 is 5.11 Å². The Bertz CT molecular complexity index is 466. The van der Waals surface area contributed by atoms with Gasteiger partial charge in [0.25, 0.3) is 0 Å². The minimum Gasteiger partial charge on any atom is -0.371 e. The third-order valence-corrected chi connectivity index (χ3v) is 2.37. The highest BCUT2D eigenvalue weighted by Gasteiger charge is 2.17. The summed E-state index contributed by atoms with van der Waals surface area (Å²) in [6.07, 6.45) is 1.68. The summed E-state index contributed by atoms with van der Waals surface area (Å²) in [4.78, 5) is 4.29. The lowest BCUT2D eigenvalue weighted by atomic mass is 10.2. The Balaban J connectivity index is 2.76. The summed E-state index contributed by atoms with van der Waals surface area (Å²) in [6.45, 7) is 5.51. The zero-order valence-electron chi connectivity index (χ0n) is 8.65. The van der Waals surface area contributed by atoms with E-state index in [4.69, 9.17) is 0 Å². The molecule has 0 aliphatic carbocycles. The largest absolute Gasteiger partial charge is 0.371 e. The number of aryl methyl sites for hydroxylation is 1. The van der Waals surface area contributed by atoms with Gasteiger partial charge in [0.1, 0.15) is 5.72 Å². The van der Waals surface area contributed by atoms with E-state index in [2.05, 4.69) is 4.98 Å². The van der Waals surface area contributed by atoms with E-state index in [1.165, 1.54) is 0 Å². The van der Waals surface area contributed by atoms with Gasteiger partial charge in [0.15, 0.2) is 0 Å². The molecule has 74 valence electrons. The first kappa shape index (κ1) is 9.21. The molecular weight excluding hydrogens is 176 g/mol. The van der Waals surface area contributed by atoms with E-state index in [-0.39, 0.29) is 0 Å². The van der Waals surface area contributed by atoms with E-state index in [0.717, 1.165) is 16.6 Å². The molecule has 1 N–H and O–H groups in total. The number of hydrogen-bond donors (Lipinski definition) is 1. The van der Waals surface area contributed by atoms with E-state index in [0.29, 0.717) is 0 Å². The monoisotopic (exact) mass is 190 g/mol. The fourth-order valence-corrected chi connectivity index (χ4v) is 1.62. The number of aromatic nitrogens is 2. The molecule has 14 heavy (non-hydrogen) atoms. The molecule has 0 radical (unpaired) electrons. The van der Waals surface area contributed by atoms with Gasteiger partial charge in [0.2, 0.25) is 0 Å². The zero-order chi connectivity index (χ0) is 10.3. The van der Waals surface area contributed by atoms with E-state index in [1.807, 2.05) is 25.1 Å². The van der Waals surface area contributed by atoms with Gasteiger partial charge in [0, 0.05) is 0 Å². The molecule has 0 atom stereocenters. The van der Waals surface area contributed by atoms with E-state index in [1.54, 1.807) is 24.7 Å². The lowest BCUT2D eigenvalue weighted by molar-refractivity contribution is 0.00570. The SMILES string of the molecule is Cc1cccc2c1ncn2C(C)(C)O. The van der Waals surface area contributed by atoms with Gasteiger partial charge in [0.05, 0.1) is 17.4 Å². The van der Waals surface area contributed by atoms with Crippen molar-refractivity contribution in [1.82, 2.24) is 9.55 Å². The predicted molar refractivity (Wildman–Crippen MR) is 56.0 cm³/mol. The average Bonchev–Trinajstić information content (AvgIpc) is 2.47. The van der Waals surface area contributed by atoms with Gasteiger partial charge in [-0.2, -0.15) is 0 Å². The molecule has 3 heteroatoms. The van der Waals surface area contributed by atoms with Gasteiger partial charge in [-0.3, -0.25) is 0 Å². The highest BCUT2D eigenvalue weighted by Crippen LogP contribution is 2.21. The molecule has 1 aromatic carbocycles. The smallest absolute Gasteiger partial charge is 0.137 e. The Morgan fingerprint density at radius 2 is 2.07 bits per heavy atom. The Morgan fingerprint density at radius 1 is 1.36 bits per heavy atom. The average molecular weight is 190 g/mol. The maximum absolute atomic E-state index is 9.89. The molecule has 0 spiro atoms. The van der Waals surface area contributed by atoms with Crippen molar-refractivity contribution in [2.45, 2.75) is 26.5 Å². The molecule has 0 saturated heterocycles. The van der Waals surface area contributed by atoms with E-state index in [9.17, 15) is 5.11 Å². The van der Waals surface area contributed by atoms with Crippen LogP contribution < -0.4 is 0 Å². The van der Waals surface area contributed by atoms with Crippen LogP contribution in [0.1, 0.15) is 19.4 Å². The van der Waals surface area contributed by atoms with Crippen LogP contribution in [0, 0.1) is 6.92 Å². The minimum atomic E-state index is -0.900. The summed E-state index contributed by atoms with van der Waals surface area (Å²) < 4.78 is 1.77. The van der Waals surface area contributed by atoms with Gasteiger partial charge in [-0.05, 0) is 32.4 Å². The number of aliphatic hydroxyl groups is 1. The molecule has 2 aromatic rings. The summed E-state index contributed by atoms with van der Waals surface area (Å²) in [6, 6.07) is 5.96. The maximum Gasteiger partial charge on any atom is 0.137 e. The van der Waals surface area contributed by atoms with Crippen molar-refractivity contribution in [3.8, 4) is 0 Å². The van der Waals surface area contributed by atoms with Crippen molar-refractivity contribution in [3.05, 3.63) is 30.1 Å². The normalized spacial score (nSPS) is 12.3. The van der Waals surface area contributed by atoms with Crippen LogP contribution in [0.5, 0.6) is 0 Å². The maximum atomic E-state index is 9.89. The topological polar surface area (TPSA) is 38.0 Å². The quantitative estimate of drug-likeness (QED) is 0.747. The fraction of sp³-hybridized carbons (Fsp3) is 0.364. The van der Waals surface area contributed by atoms with Crippen molar-refractivity contribution in [2.24, 2.45) is 0 Å². The zero-order valence-corrected chi connectivity index (χ0v) is 8.65. The first-order chi connectivity index (χ1) is 6.50. The second kappa shape index (κ2) is 2.82. The Morgan fingerprint density at radius 3 is 2.71 bits per heavy atom. The molecule has 0 saturated carbocycles. The minimum absolute atomic E-state index is 0.900. The van der Waals surface area contributed by atoms with Crippen molar-refractivity contribution in [2.75, 3.05) is 0 Å². The van der Waals surface area contributed by atoms with Crippen molar-refractivity contribution in [1.29, 1.82) is 0 Å². The number of para-hydroxylation sites is 1. The molecule has 0 bridgehead atoms. The van der Waals surface area contributed by atoms with E-state index >= 15 is 0 Å². The van der Waals surface area contributed by atoms with Crippen LogP contribution in [-0.2, 0) is 5.72 Å². The lowest BCUT2D eigenvalue weighted by Gasteiger charge is -2.20. The first-order valence-corrected chi connectivity index (χ1v) is 4.65. The van der Waals surface area contributed by atoms with Gasteiger partial charge >= 0.3 is 0 Å². The van der Waals surface area contributed by atoms with Crippen LogP contribution in [0.2, 0.25) is 0 Å². The fourth-order valence-electron chi connectivity index (χ4n) is 1.62. The van der Waals surface area contributed by atoms with Crippen molar-refractivity contribution >= 4 is 11.0 Å². The molecule has 3 nitrogen and oxygen atoms in total. The highest BCUT2D eigenvalue weighted by atomic mass is 16.3. The van der Waals surface area contributed by atoms with Crippen LogP contribution in [-0.4, -0.2) is 14.7 Å². The molecule has 2 rings (SSSR count). The van der Waals surface area contributed by atoms with Crippen LogP contribution in [0.15, 0.2) is 24.5 Å². The van der Waals surface area contributed by atoms with Crippen LogP contribution in [0.3, 0.4) is 0 Å². The van der Waals surface area contributed by atoms with Crippen molar-refractivity contribution in [3.63, 3.8) is 0 Å². The van der Waals surface area contributed by atoms with Crippen LogP contribution in [0.4, 0.5) is 0 Å². The number of rotatable bonds is 1. The Hall–Kier alpha value is -1.35. The molecule has 0 aliphatic rings. The third kappa shape index (κ3) is 1.30. The van der Waals surface area contributed by atoms with Gasteiger partial charge in [-0.15, -0.1) is 0 Å².